The number of carbonyl (C=O) groups excluding carboxylic acids is 1. The first kappa shape index (κ1) is 21.0. The molecule has 1 heterocycles. The van der Waals surface area contributed by atoms with Crippen molar-refractivity contribution < 1.29 is 9.53 Å². The molecule has 162 valence electrons. The normalized spacial score (nSPS) is 20.9. The van der Waals surface area contributed by atoms with Crippen LogP contribution in [0.1, 0.15) is 61.3 Å². The average molecular weight is 420 g/mol. The summed E-state index contributed by atoms with van der Waals surface area (Å²) in [5.74, 6) is 1.09. The fraction of sp³-hybridized carbons (Fsp3) is 0.417. The van der Waals surface area contributed by atoms with Crippen LogP contribution in [0.15, 0.2) is 48.5 Å². The van der Waals surface area contributed by atoms with Crippen molar-refractivity contribution >= 4 is 11.7 Å². The van der Waals surface area contributed by atoms with E-state index in [9.17, 15) is 4.79 Å². The first-order valence-electron chi connectivity index (χ1n) is 10.9. The van der Waals surface area contributed by atoms with E-state index in [1.54, 1.807) is 23.7 Å². The number of ether oxygens (including phenoxy) is 1. The molecular formula is C24H29N5O2. The summed E-state index contributed by atoms with van der Waals surface area (Å²) in [4.78, 5) is 12.2. The highest BCUT2D eigenvalue weighted by Gasteiger charge is 2.41. The lowest BCUT2D eigenvalue weighted by Gasteiger charge is -2.40. The van der Waals surface area contributed by atoms with Crippen LogP contribution in [0.3, 0.4) is 0 Å². The molecule has 1 aromatic heterocycles. The van der Waals surface area contributed by atoms with Gasteiger partial charge in [0, 0.05) is 5.69 Å². The molecule has 0 radical (unpaired) electrons. The van der Waals surface area contributed by atoms with Gasteiger partial charge in [-0.25, -0.2) is 4.79 Å². The second-order valence-corrected chi connectivity index (χ2v) is 8.39. The number of hydrogen-bond acceptors (Lipinski definition) is 6. The zero-order chi connectivity index (χ0) is 21.8. The van der Waals surface area contributed by atoms with Crippen LogP contribution in [0.25, 0.3) is 5.69 Å². The van der Waals surface area contributed by atoms with Gasteiger partial charge in [0.15, 0.2) is 5.82 Å². The van der Waals surface area contributed by atoms with Gasteiger partial charge in [-0.1, -0.05) is 31.2 Å². The Hall–Kier alpha value is -3.22. The standard InChI is InChI=1S/C24H29N5O2/c1-4-31-22(30)19-9-7-10-20(16-19)29-23(26-27-28-29)24(14-12-17(2)13-15-24)25-21-11-6-5-8-18(21)3/h5-11,16-17,25H,4,12-15H2,1-3H3. The van der Waals surface area contributed by atoms with Crippen molar-refractivity contribution in [3.63, 3.8) is 0 Å². The van der Waals surface area contributed by atoms with Crippen LogP contribution < -0.4 is 5.32 Å². The molecule has 0 bridgehead atoms. The van der Waals surface area contributed by atoms with E-state index < -0.39 is 0 Å². The fourth-order valence-corrected chi connectivity index (χ4v) is 4.27. The maximum Gasteiger partial charge on any atom is 0.338 e. The average Bonchev–Trinajstić information content (AvgIpc) is 3.28. The van der Waals surface area contributed by atoms with Crippen LogP contribution in [-0.4, -0.2) is 32.8 Å². The van der Waals surface area contributed by atoms with E-state index in [1.165, 1.54) is 5.56 Å². The Kier molecular flexibility index (Phi) is 6.02. The van der Waals surface area contributed by atoms with Crippen molar-refractivity contribution in [2.45, 2.75) is 52.0 Å². The summed E-state index contributed by atoms with van der Waals surface area (Å²) in [6.45, 7) is 6.53. The number of aryl methyl sites for hydroxylation is 1. The number of benzene rings is 2. The van der Waals surface area contributed by atoms with Gasteiger partial charge in [0.2, 0.25) is 0 Å². The topological polar surface area (TPSA) is 81.9 Å². The minimum atomic E-state index is -0.387. The third-order valence-corrected chi connectivity index (χ3v) is 6.15. The van der Waals surface area contributed by atoms with Gasteiger partial charge in [-0.2, -0.15) is 4.68 Å². The third-order valence-electron chi connectivity index (χ3n) is 6.15. The van der Waals surface area contributed by atoms with Crippen LogP contribution >= 0.6 is 0 Å². The van der Waals surface area contributed by atoms with Crippen molar-refractivity contribution in [3.8, 4) is 5.69 Å². The number of nitrogens with one attached hydrogen (secondary N) is 1. The maximum absolute atomic E-state index is 12.2. The van der Waals surface area contributed by atoms with E-state index in [0.29, 0.717) is 18.1 Å². The number of tetrazole rings is 1. The molecule has 0 spiro atoms. The first-order valence-corrected chi connectivity index (χ1v) is 10.9. The Bertz CT molecular complexity index is 1050. The Morgan fingerprint density at radius 3 is 2.71 bits per heavy atom. The van der Waals surface area contributed by atoms with Crippen molar-refractivity contribution in [1.29, 1.82) is 0 Å². The zero-order valence-electron chi connectivity index (χ0n) is 18.3. The summed E-state index contributed by atoms with van der Waals surface area (Å²) in [6.07, 6.45) is 4.05. The number of carbonyl (C=O) groups is 1. The Morgan fingerprint density at radius 1 is 1.19 bits per heavy atom. The largest absolute Gasteiger partial charge is 0.462 e. The van der Waals surface area contributed by atoms with E-state index in [0.717, 1.165) is 42.9 Å². The number of nitrogens with zero attached hydrogens (tertiary/aromatic N) is 4. The van der Waals surface area contributed by atoms with Gasteiger partial charge in [-0.3, -0.25) is 0 Å². The van der Waals surface area contributed by atoms with Gasteiger partial charge in [0.1, 0.15) is 0 Å². The van der Waals surface area contributed by atoms with Crippen LogP contribution in [0.5, 0.6) is 0 Å². The zero-order valence-corrected chi connectivity index (χ0v) is 18.3. The first-order chi connectivity index (χ1) is 15.0. The van der Waals surface area contributed by atoms with Gasteiger partial charge < -0.3 is 10.1 Å². The van der Waals surface area contributed by atoms with Crippen molar-refractivity contribution in [2.75, 3.05) is 11.9 Å². The van der Waals surface area contributed by atoms with Crippen LogP contribution in [0.4, 0.5) is 5.69 Å². The lowest BCUT2D eigenvalue weighted by molar-refractivity contribution is 0.0526. The van der Waals surface area contributed by atoms with E-state index in [2.05, 4.69) is 46.8 Å². The number of para-hydroxylation sites is 1. The predicted octanol–water partition coefficient (Wildman–Crippen LogP) is 4.66. The van der Waals surface area contributed by atoms with Crippen molar-refractivity contribution in [2.24, 2.45) is 5.92 Å². The SMILES string of the molecule is CCOC(=O)c1cccc(-n2nnnc2C2(Nc3ccccc3C)CCC(C)CC2)c1. The molecule has 1 fully saturated rings. The van der Waals surface area contributed by atoms with Gasteiger partial charge in [-0.15, -0.1) is 5.10 Å². The smallest absolute Gasteiger partial charge is 0.338 e. The Balaban J connectivity index is 1.75. The fourth-order valence-electron chi connectivity index (χ4n) is 4.27. The highest BCUT2D eigenvalue weighted by molar-refractivity contribution is 5.90. The summed E-state index contributed by atoms with van der Waals surface area (Å²) in [5, 5.41) is 16.6. The quantitative estimate of drug-likeness (QED) is 0.585. The molecule has 0 saturated heterocycles. The molecule has 1 aliphatic carbocycles. The van der Waals surface area contributed by atoms with E-state index in [-0.39, 0.29) is 11.5 Å². The molecule has 0 aliphatic heterocycles. The second-order valence-electron chi connectivity index (χ2n) is 8.39. The molecule has 4 rings (SSSR count). The highest BCUT2D eigenvalue weighted by atomic mass is 16.5. The lowest BCUT2D eigenvalue weighted by Crippen LogP contribution is -2.41. The molecule has 0 atom stereocenters. The molecule has 7 nitrogen and oxygen atoms in total. The molecule has 1 N–H and O–H groups in total. The second kappa shape index (κ2) is 8.88. The van der Waals surface area contributed by atoms with Gasteiger partial charge >= 0.3 is 5.97 Å². The van der Waals surface area contributed by atoms with Crippen molar-refractivity contribution in [3.05, 3.63) is 65.5 Å². The summed E-state index contributed by atoms with van der Waals surface area (Å²) in [7, 11) is 0. The maximum atomic E-state index is 12.2. The van der Waals surface area contributed by atoms with Crippen molar-refractivity contribution in [1.82, 2.24) is 20.2 Å². The molecule has 0 amide bonds. The molecular weight excluding hydrogens is 390 g/mol. The minimum Gasteiger partial charge on any atom is -0.462 e. The highest BCUT2D eigenvalue weighted by Crippen LogP contribution is 2.42. The van der Waals surface area contributed by atoms with E-state index >= 15 is 0 Å². The molecule has 0 unspecified atom stereocenters. The third kappa shape index (κ3) is 4.31. The van der Waals surface area contributed by atoms with Crippen LogP contribution in [0.2, 0.25) is 0 Å². The summed E-state index contributed by atoms with van der Waals surface area (Å²) in [6, 6.07) is 15.6. The number of aromatic nitrogens is 4. The summed E-state index contributed by atoms with van der Waals surface area (Å²) >= 11 is 0. The van der Waals surface area contributed by atoms with E-state index in [4.69, 9.17) is 4.74 Å². The molecule has 3 aromatic rings. The number of anilines is 1. The van der Waals surface area contributed by atoms with Gasteiger partial charge in [-0.05, 0) is 85.7 Å². The minimum absolute atomic E-state index is 0.334. The molecule has 1 aliphatic rings. The van der Waals surface area contributed by atoms with E-state index in [1.807, 2.05) is 24.3 Å². The molecule has 1 saturated carbocycles. The van der Waals surface area contributed by atoms with Gasteiger partial charge in [0.05, 0.1) is 23.4 Å². The summed E-state index contributed by atoms with van der Waals surface area (Å²) < 4.78 is 6.91. The van der Waals surface area contributed by atoms with Crippen LogP contribution in [0, 0.1) is 12.8 Å². The molecule has 31 heavy (non-hydrogen) atoms. The lowest BCUT2D eigenvalue weighted by atomic mass is 9.76. The summed E-state index contributed by atoms with van der Waals surface area (Å²) in [5.41, 5.74) is 3.12. The number of rotatable bonds is 6. The number of esters is 1. The van der Waals surface area contributed by atoms with Crippen LogP contribution in [-0.2, 0) is 10.3 Å². The predicted molar refractivity (Wildman–Crippen MR) is 119 cm³/mol. The molecule has 7 heteroatoms. The Labute approximate surface area is 182 Å². The monoisotopic (exact) mass is 419 g/mol. The number of hydrogen-bond donors (Lipinski definition) is 1. The van der Waals surface area contributed by atoms with Gasteiger partial charge in [0.25, 0.3) is 0 Å². The Morgan fingerprint density at radius 2 is 1.97 bits per heavy atom. The molecule has 2 aromatic carbocycles.